The summed E-state index contributed by atoms with van der Waals surface area (Å²) in [7, 11) is 0. The van der Waals surface area contributed by atoms with E-state index in [1.807, 2.05) is 12.1 Å². The Morgan fingerprint density at radius 2 is 1.59 bits per heavy atom. The first kappa shape index (κ1) is 26.5. The molecule has 7 heteroatoms. The fourth-order valence-corrected chi connectivity index (χ4v) is 4.95. The number of benzene rings is 3. The third-order valence-corrected chi connectivity index (χ3v) is 7.00. The van der Waals surface area contributed by atoms with Crippen LogP contribution in [-0.4, -0.2) is 58.8 Å². The molecule has 1 saturated heterocycles. The highest BCUT2D eigenvalue weighted by Gasteiger charge is 2.11. The Hall–Kier alpha value is -4.10. The summed E-state index contributed by atoms with van der Waals surface area (Å²) in [5, 5.41) is 8.88. The number of nitrogens with zero attached hydrogens (tertiary/aromatic N) is 2. The van der Waals surface area contributed by atoms with E-state index in [9.17, 15) is 4.79 Å². The van der Waals surface area contributed by atoms with E-state index >= 15 is 0 Å². The maximum atomic E-state index is 10.8. The van der Waals surface area contributed by atoms with Crippen molar-refractivity contribution in [2.24, 2.45) is 0 Å². The largest absolute Gasteiger partial charge is 0.493 e. The van der Waals surface area contributed by atoms with Crippen molar-refractivity contribution in [1.29, 1.82) is 0 Å². The van der Waals surface area contributed by atoms with E-state index in [1.165, 1.54) is 42.6 Å². The third kappa shape index (κ3) is 7.71. The topological polar surface area (TPSA) is 87.7 Å². The molecule has 4 aromatic rings. The van der Waals surface area contributed by atoms with Crippen LogP contribution in [0.25, 0.3) is 11.1 Å². The van der Waals surface area contributed by atoms with Gasteiger partial charge in [0, 0.05) is 19.2 Å². The molecule has 7 nitrogen and oxygen atoms in total. The Kier molecular flexibility index (Phi) is 8.91. The highest BCUT2D eigenvalue weighted by atomic mass is 16.5. The van der Waals surface area contributed by atoms with Gasteiger partial charge in [-0.2, -0.15) is 0 Å². The van der Waals surface area contributed by atoms with Crippen LogP contribution in [0, 0.1) is 0 Å². The number of carboxylic acids is 1. The number of ether oxygens (including phenoxy) is 2. The second-order valence-corrected chi connectivity index (χ2v) is 9.91. The molecule has 0 spiro atoms. The van der Waals surface area contributed by atoms with Gasteiger partial charge in [0.2, 0.25) is 0 Å². The van der Waals surface area contributed by atoms with Gasteiger partial charge in [0.1, 0.15) is 23.9 Å². The van der Waals surface area contributed by atoms with E-state index in [4.69, 9.17) is 14.6 Å². The van der Waals surface area contributed by atoms with E-state index in [-0.39, 0.29) is 6.42 Å². The minimum absolute atomic E-state index is 0.0843. The van der Waals surface area contributed by atoms with Crippen LogP contribution in [0.2, 0.25) is 0 Å². The Morgan fingerprint density at radius 3 is 2.33 bits per heavy atom. The van der Waals surface area contributed by atoms with Gasteiger partial charge in [0.05, 0.1) is 18.7 Å². The third-order valence-electron chi connectivity index (χ3n) is 7.00. The maximum absolute atomic E-state index is 10.8. The van der Waals surface area contributed by atoms with Crippen molar-refractivity contribution in [3.8, 4) is 22.6 Å². The van der Waals surface area contributed by atoms with E-state index < -0.39 is 5.97 Å². The van der Waals surface area contributed by atoms with Gasteiger partial charge in [0.15, 0.2) is 0 Å². The Bertz CT molecular complexity index is 1340. The molecule has 0 radical (unpaired) electrons. The standard InChI is InChI=1S/C32H35N3O4/c36-32(37)22-27-23-33-31(34-27)15-19-38-29-13-9-25(10-14-29)30-6-2-1-5-26(30)21-24-7-11-28(12-8-24)39-20-18-35-16-3-4-17-35/h1-2,5-14,23H,3-4,15-22H2,(H,33,34)(H,36,37). The first-order valence-electron chi connectivity index (χ1n) is 13.6. The number of hydrogen-bond donors (Lipinski definition) is 2. The molecule has 5 rings (SSSR count). The lowest BCUT2D eigenvalue weighted by Crippen LogP contribution is -2.25. The minimum atomic E-state index is -0.892. The molecular weight excluding hydrogens is 490 g/mol. The molecule has 2 N–H and O–H groups in total. The molecule has 0 unspecified atom stereocenters. The molecule has 0 saturated carbocycles. The van der Waals surface area contributed by atoms with Crippen molar-refractivity contribution >= 4 is 5.97 Å². The Morgan fingerprint density at radius 1 is 0.897 bits per heavy atom. The summed E-state index contributed by atoms with van der Waals surface area (Å²) in [5.74, 6) is 1.54. The molecule has 202 valence electrons. The number of carboxylic acid groups (broad SMARTS) is 1. The zero-order valence-corrected chi connectivity index (χ0v) is 22.1. The highest BCUT2D eigenvalue weighted by molar-refractivity contribution is 5.69. The van der Waals surface area contributed by atoms with Gasteiger partial charge in [-0.25, -0.2) is 4.98 Å². The van der Waals surface area contributed by atoms with Gasteiger partial charge >= 0.3 is 5.97 Å². The van der Waals surface area contributed by atoms with E-state index in [1.54, 1.807) is 6.20 Å². The lowest BCUT2D eigenvalue weighted by molar-refractivity contribution is -0.136. The number of aromatic nitrogens is 2. The van der Waals surface area contributed by atoms with Crippen molar-refractivity contribution in [3.05, 3.63) is 102 Å². The summed E-state index contributed by atoms with van der Waals surface area (Å²) in [6.07, 6.45) is 5.58. The highest BCUT2D eigenvalue weighted by Crippen LogP contribution is 2.28. The maximum Gasteiger partial charge on any atom is 0.309 e. The van der Waals surface area contributed by atoms with Crippen molar-refractivity contribution < 1.29 is 19.4 Å². The molecule has 1 fully saturated rings. The number of nitrogens with one attached hydrogen (secondary N) is 1. The minimum Gasteiger partial charge on any atom is -0.493 e. The fourth-order valence-electron chi connectivity index (χ4n) is 4.95. The zero-order valence-electron chi connectivity index (χ0n) is 22.1. The van der Waals surface area contributed by atoms with E-state index in [2.05, 4.69) is 75.5 Å². The number of aromatic amines is 1. The molecule has 1 aliphatic rings. The average Bonchev–Trinajstić information content (AvgIpc) is 3.63. The molecule has 0 aliphatic carbocycles. The van der Waals surface area contributed by atoms with Crippen molar-refractivity contribution in [3.63, 3.8) is 0 Å². The monoisotopic (exact) mass is 525 g/mol. The van der Waals surface area contributed by atoms with Gasteiger partial charge in [-0.15, -0.1) is 0 Å². The number of likely N-dealkylation sites (tertiary alicyclic amines) is 1. The normalized spacial score (nSPS) is 13.4. The molecule has 3 aromatic carbocycles. The van der Waals surface area contributed by atoms with Crippen LogP contribution in [0.3, 0.4) is 0 Å². The summed E-state index contributed by atoms with van der Waals surface area (Å²) in [6, 6.07) is 25.1. The molecular formula is C32H35N3O4. The molecule has 1 aromatic heterocycles. The summed E-state index contributed by atoms with van der Waals surface area (Å²) in [6.45, 7) is 4.58. The van der Waals surface area contributed by atoms with Gasteiger partial charge in [-0.05, 0) is 78.9 Å². The first-order valence-corrected chi connectivity index (χ1v) is 13.6. The van der Waals surface area contributed by atoms with Crippen LogP contribution in [-0.2, 0) is 24.1 Å². The summed E-state index contributed by atoms with van der Waals surface area (Å²) >= 11 is 0. The van der Waals surface area contributed by atoms with Crippen molar-refractivity contribution in [2.45, 2.75) is 32.1 Å². The molecule has 39 heavy (non-hydrogen) atoms. The Labute approximate surface area is 229 Å². The smallest absolute Gasteiger partial charge is 0.309 e. The van der Waals surface area contributed by atoms with Crippen LogP contribution in [0.4, 0.5) is 0 Å². The van der Waals surface area contributed by atoms with E-state index in [0.717, 1.165) is 42.5 Å². The fraction of sp³-hybridized carbons (Fsp3) is 0.312. The quantitative estimate of drug-likeness (QED) is 0.243. The second kappa shape index (κ2) is 13.1. The van der Waals surface area contributed by atoms with Crippen LogP contribution in [0.1, 0.15) is 35.5 Å². The molecule has 0 amide bonds. The SMILES string of the molecule is O=C(O)Cc1c[nH]c(CCOc2ccc(-c3ccccc3Cc3ccc(OCCN4CCCC4)cc3)cc2)n1. The molecule has 0 bridgehead atoms. The predicted octanol–water partition coefficient (Wildman–Crippen LogP) is 5.39. The lowest BCUT2D eigenvalue weighted by atomic mass is 9.95. The summed E-state index contributed by atoms with van der Waals surface area (Å²) < 4.78 is 11.9. The van der Waals surface area contributed by atoms with Crippen LogP contribution in [0.5, 0.6) is 11.5 Å². The molecule has 2 heterocycles. The van der Waals surface area contributed by atoms with Gasteiger partial charge in [0.25, 0.3) is 0 Å². The van der Waals surface area contributed by atoms with Crippen LogP contribution < -0.4 is 9.47 Å². The number of aliphatic carboxylic acids is 1. The molecule has 0 atom stereocenters. The van der Waals surface area contributed by atoms with Crippen LogP contribution >= 0.6 is 0 Å². The van der Waals surface area contributed by atoms with Crippen LogP contribution in [0.15, 0.2) is 79.0 Å². The van der Waals surface area contributed by atoms with E-state index in [0.29, 0.717) is 18.7 Å². The van der Waals surface area contributed by atoms with Crippen molar-refractivity contribution in [1.82, 2.24) is 14.9 Å². The zero-order chi connectivity index (χ0) is 26.9. The molecule has 1 aliphatic heterocycles. The number of carbonyl (C=O) groups is 1. The lowest BCUT2D eigenvalue weighted by Gasteiger charge is -2.15. The first-order chi connectivity index (χ1) is 19.1. The number of hydrogen-bond acceptors (Lipinski definition) is 5. The summed E-state index contributed by atoms with van der Waals surface area (Å²) in [4.78, 5) is 20.6. The Balaban J connectivity index is 1.14. The number of rotatable bonds is 13. The number of imidazole rings is 1. The summed E-state index contributed by atoms with van der Waals surface area (Å²) in [5.41, 5.74) is 5.39. The second-order valence-electron chi connectivity index (χ2n) is 9.91. The average molecular weight is 526 g/mol. The van der Waals surface area contributed by atoms with Gasteiger partial charge in [-0.1, -0.05) is 48.5 Å². The number of H-pyrrole nitrogens is 1. The van der Waals surface area contributed by atoms with Gasteiger partial charge in [-0.3, -0.25) is 9.69 Å². The van der Waals surface area contributed by atoms with Crippen molar-refractivity contribution in [2.75, 3.05) is 32.8 Å². The van der Waals surface area contributed by atoms with Gasteiger partial charge < -0.3 is 19.6 Å². The predicted molar refractivity (Wildman–Crippen MR) is 151 cm³/mol.